The van der Waals surface area contributed by atoms with Crippen LogP contribution < -0.4 is 16.4 Å². The molecule has 0 aliphatic carbocycles. The Labute approximate surface area is 113 Å². The van der Waals surface area contributed by atoms with Crippen LogP contribution in [0.4, 0.5) is 10.5 Å². The van der Waals surface area contributed by atoms with Crippen LogP contribution in [0.15, 0.2) is 24.3 Å². The van der Waals surface area contributed by atoms with E-state index in [2.05, 4.69) is 10.6 Å². The first-order valence-corrected chi connectivity index (χ1v) is 6.51. The second kappa shape index (κ2) is 5.59. The molecule has 0 aromatic heterocycles. The Bertz CT molecular complexity index is 437. The van der Waals surface area contributed by atoms with Crippen LogP contribution in [-0.2, 0) is 4.74 Å². The van der Waals surface area contributed by atoms with Crippen molar-refractivity contribution in [1.82, 2.24) is 5.32 Å². The molecule has 2 atom stereocenters. The van der Waals surface area contributed by atoms with Gasteiger partial charge in [0.2, 0.25) is 0 Å². The molecule has 0 bridgehead atoms. The predicted octanol–water partition coefficient (Wildman–Crippen LogP) is 2.01. The van der Waals surface area contributed by atoms with Crippen molar-refractivity contribution in [3.8, 4) is 0 Å². The molecule has 1 fully saturated rings. The van der Waals surface area contributed by atoms with Crippen molar-refractivity contribution in [1.29, 1.82) is 0 Å². The van der Waals surface area contributed by atoms with Crippen molar-refractivity contribution in [2.45, 2.75) is 31.8 Å². The number of rotatable bonds is 3. The number of carbonyl (C=O) groups excluding carboxylic acids is 1. The highest BCUT2D eigenvalue weighted by Gasteiger charge is 2.31. The standard InChI is InChI=1S/C14H21N3O2/c1-10(15)11-3-5-12(6-4-11)16-13(18)17-14(2)7-8-19-9-14/h3-6,10H,7-9,15H2,1-2H3,(H2,16,17,18). The molecule has 0 radical (unpaired) electrons. The third-order valence-corrected chi connectivity index (χ3v) is 3.33. The van der Waals surface area contributed by atoms with Gasteiger partial charge < -0.3 is 21.1 Å². The van der Waals surface area contributed by atoms with Gasteiger partial charge in [-0.2, -0.15) is 0 Å². The molecule has 1 aliphatic rings. The average Bonchev–Trinajstić information content (AvgIpc) is 2.76. The van der Waals surface area contributed by atoms with Crippen LogP contribution in [0.1, 0.15) is 31.9 Å². The topological polar surface area (TPSA) is 76.4 Å². The van der Waals surface area contributed by atoms with Gasteiger partial charge in [0.25, 0.3) is 0 Å². The summed E-state index contributed by atoms with van der Waals surface area (Å²) in [4.78, 5) is 11.9. The summed E-state index contributed by atoms with van der Waals surface area (Å²) in [5.74, 6) is 0. The van der Waals surface area contributed by atoms with Gasteiger partial charge in [0.15, 0.2) is 0 Å². The van der Waals surface area contributed by atoms with Crippen molar-refractivity contribution in [2.24, 2.45) is 5.73 Å². The summed E-state index contributed by atoms with van der Waals surface area (Å²) in [6.45, 7) is 5.17. The minimum Gasteiger partial charge on any atom is -0.379 e. The van der Waals surface area contributed by atoms with Gasteiger partial charge in [-0.25, -0.2) is 4.79 Å². The van der Waals surface area contributed by atoms with Gasteiger partial charge in [0, 0.05) is 18.3 Å². The van der Waals surface area contributed by atoms with Crippen molar-refractivity contribution in [2.75, 3.05) is 18.5 Å². The molecule has 1 heterocycles. The first kappa shape index (κ1) is 13.8. The fourth-order valence-corrected chi connectivity index (χ4v) is 2.07. The van der Waals surface area contributed by atoms with E-state index in [4.69, 9.17) is 10.5 Å². The third-order valence-electron chi connectivity index (χ3n) is 3.33. The smallest absolute Gasteiger partial charge is 0.319 e. The van der Waals surface area contributed by atoms with E-state index in [-0.39, 0.29) is 17.6 Å². The van der Waals surface area contributed by atoms with Crippen molar-refractivity contribution >= 4 is 11.7 Å². The summed E-state index contributed by atoms with van der Waals surface area (Å²) < 4.78 is 5.30. The Balaban J connectivity index is 1.91. The summed E-state index contributed by atoms with van der Waals surface area (Å²) in [5, 5.41) is 5.76. The van der Waals surface area contributed by atoms with Gasteiger partial charge in [-0.3, -0.25) is 0 Å². The fraction of sp³-hybridized carbons (Fsp3) is 0.500. The number of benzene rings is 1. The molecular weight excluding hydrogens is 242 g/mol. The Hall–Kier alpha value is -1.59. The van der Waals surface area contributed by atoms with Gasteiger partial charge in [-0.05, 0) is 38.0 Å². The molecule has 19 heavy (non-hydrogen) atoms. The molecule has 5 nitrogen and oxygen atoms in total. The average molecular weight is 263 g/mol. The lowest BCUT2D eigenvalue weighted by Crippen LogP contribution is -2.48. The van der Waals surface area contributed by atoms with Crippen molar-refractivity contribution in [3.63, 3.8) is 0 Å². The molecule has 2 amide bonds. The number of hydrogen-bond acceptors (Lipinski definition) is 3. The molecule has 1 aromatic carbocycles. The SMILES string of the molecule is CC(N)c1ccc(NC(=O)NC2(C)CCOC2)cc1. The van der Waals surface area contributed by atoms with Crippen LogP contribution in [-0.4, -0.2) is 24.8 Å². The highest BCUT2D eigenvalue weighted by atomic mass is 16.5. The highest BCUT2D eigenvalue weighted by Crippen LogP contribution is 2.18. The Morgan fingerprint density at radius 2 is 2.11 bits per heavy atom. The number of amides is 2. The lowest BCUT2D eigenvalue weighted by Gasteiger charge is -2.23. The molecule has 1 aromatic rings. The van der Waals surface area contributed by atoms with Gasteiger partial charge in [-0.15, -0.1) is 0 Å². The van der Waals surface area contributed by atoms with Gasteiger partial charge in [0.1, 0.15) is 0 Å². The maximum atomic E-state index is 11.9. The van der Waals surface area contributed by atoms with E-state index in [1.807, 2.05) is 38.1 Å². The molecule has 1 saturated heterocycles. The molecule has 0 saturated carbocycles. The first-order valence-electron chi connectivity index (χ1n) is 6.51. The number of ether oxygens (including phenoxy) is 1. The minimum atomic E-state index is -0.268. The second-order valence-corrected chi connectivity index (χ2v) is 5.35. The van der Waals surface area contributed by atoms with Crippen molar-refractivity contribution in [3.05, 3.63) is 29.8 Å². The van der Waals surface area contributed by atoms with E-state index >= 15 is 0 Å². The second-order valence-electron chi connectivity index (χ2n) is 5.35. The fourth-order valence-electron chi connectivity index (χ4n) is 2.07. The van der Waals surface area contributed by atoms with Gasteiger partial charge in [0.05, 0.1) is 12.1 Å². The Morgan fingerprint density at radius 1 is 1.42 bits per heavy atom. The van der Waals surface area contributed by atoms with Crippen LogP contribution in [0.25, 0.3) is 0 Å². The van der Waals surface area contributed by atoms with Crippen LogP contribution >= 0.6 is 0 Å². The highest BCUT2D eigenvalue weighted by molar-refractivity contribution is 5.89. The summed E-state index contributed by atoms with van der Waals surface area (Å²) >= 11 is 0. The normalized spacial score (nSPS) is 23.9. The van der Waals surface area contributed by atoms with E-state index in [0.717, 1.165) is 17.7 Å². The lowest BCUT2D eigenvalue weighted by atomic mass is 10.0. The quantitative estimate of drug-likeness (QED) is 0.780. The zero-order valence-corrected chi connectivity index (χ0v) is 11.4. The molecular formula is C14H21N3O2. The molecule has 5 heteroatoms. The van der Waals surface area contributed by atoms with E-state index in [0.29, 0.717) is 13.2 Å². The third kappa shape index (κ3) is 3.68. The number of carbonyl (C=O) groups is 1. The summed E-state index contributed by atoms with van der Waals surface area (Å²) in [6.07, 6.45) is 0.837. The maximum absolute atomic E-state index is 11.9. The van der Waals surface area contributed by atoms with Crippen LogP contribution in [0.2, 0.25) is 0 Å². The lowest BCUT2D eigenvalue weighted by molar-refractivity contribution is 0.172. The molecule has 1 aliphatic heterocycles. The van der Waals surface area contributed by atoms with E-state index in [1.165, 1.54) is 0 Å². The molecule has 0 spiro atoms. The van der Waals surface area contributed by atoms with E-state index in [9.17, 15) is 4.79 Å². The van der Waals surface area contributed by atoms with Crippen LogP contribution in [0.3, 0.4) is 0 Å². The summed E-state index contributed by atoms with van der Waals surface area (Å²) in [7, 11) is 0. The van der Waals surface area contributed by atoms with Crippen molar-refractivity contribution < 1.29 is 9.53 Å². The Kier molecular flexibility index (Phi) is 4.07. The number of urea groups is 1. The van der Waals surface area contributed by atoms with Gasteiger partial charge in [-0.1, -0.05) is 12.1 Å². The minimum absolute atomic E-state index is 0.00238. The molecule has 2 unspecified atom stereocenters. The molecule has 104 valence electrons. The monoisotopic (exact) mass is 263 g/mol. The number of nitrogens with one attached hydrogen (secondary N) is 2. The first-order chi connectivity index (χ1) is 8.98. The number of nitrogens with two attached hydrogens (primary N) is 1. The predicted molar refractivity (Wildman–Crippen MR) is 75.0 cm³/mol. The molecule has 4 N–H and O–H groups in total. The van der Waals surface area contributed by atoms with Gasteiger partial charge >= 0.3 is 6.03 Å². The van der Waals surface area contributed by atoms with Crippen LogP contribution in [0, 0.1) is 0 Å². The summed E-state index contributed by atoms with van der Waals surface area (Å²) in [5.41, 5.74) is 7.31. The van der Waals surface area contributed by atoms with Crippen LogP contribution in [0.5, 0.6) is 0 Å². The Morgan fingerprint density at radius 3 is 2.63 bits per heavy atom. The zero-order valence-electron chi connectivity index (χ0n) is 11.4. The van der Waals surface area contributed by atoms with E-state index in [1.54, 1.807) is 0 Å². The number of hydrogen-bond donors (Lipinski definition) is 3. The molecule has 2 rings (SSSR count). The summed E-state index contributed by atoms with van der Waals surface area (Å²) in [6, 6.07) is 7.33. The number of anilines is 1. The zero-order chi connectivity index (χ0) is 13.9. The van der Waals surface area contributed by atoms with E-state index < -0.39 is 0 Å². The maximum Gasteiger partial charge on any atom is 0.319 e. The largest absolute Gasteiger partial charge is 0.379 e.